The van der Waals surface area contributed by atoms with Crippen LogP contribution in [0.1, 0.15) is 35.9 Å². The van der Waals surface area contributed by atoms with Crippen molar-refractivity contribution in [2.45, 2.75) is 26.3 Å². The van der Waals surface area contributed by atoms with Crippen LogP contribution in [0, 0.1) is 0 Å². The van der Waals surface area contributed by atoms with Crippen molar-refractivity contribution in [1.82, 2.24) is 19.3 Å². The molecule has 5 nitrogen and oxygen atoms in total. The van der Waals surface area contributed by atoms with E-state index in [1.807, 2.05) is 10.8 Å². The first-order valence-corrected chi connectivity index (χ1v) is 5.61. The van der Waals surface area contributed by atoms with Crippen LogP contribution in [-0.4, -0.2) is 25.1 Å². The number of rotatable bonds is 4. The van der Waals surface area contributed by atoms with E-state index in [4.69, 9.17) is 0 Å². The number of hydrogen-bond acceptors (Lipinski definition) is 3. The van der Waals surface area contributed by atoms with Crippen LogP contribution >= 0.6 is 0 Å². The minimum atomic E-state index is 0.0537. The molecule has 0 aliphatic rings. The fraction of sp³-hybridized carbons (Fsp3) is 0.417. The number of ketones is 1. The summed E-state index contributed by atoms with van der Waals surface area (Å²) in [7, 11) is 1.80. The van der Waals surface area contributed by atoms with Gasteiger partial charge in [0.25, 0.3) is 0 Å². The molecule has 0 unspecified atom stereocenters. The maximum absolute atomic E-state index is 12.0. The Bertz CT molecular complexity index is 524. The van der Waals surface area contributed by atoms with E-state index in [9.17, 15) is 4.79 Å². The maximum Gasteiger partial charge on any atom is 0.185 e. The molecule has 2 heterocycles. The summed E-state index contributed by atoms with van der Waals surface area (Å²) >= 11 is 0. The minimum Gasteiger partial charge on any atom is -0.327 e. The van der Waals surface area contributed by atoms with E-state index in [0.717, 1.165) is 5.82 Å². The molecule has 5 heteroatoms. The molecule has 0 fully saturated rings. The van der Waals surface area contributed by atoms with Gasteiger partial charge in [-0.15, -0.1) is 0 Å². The number of hydrogen-bond donors (Lipinski definition) is 0. The zero-order chi connectivity index (χ0) is 12.4. The Labute approximate surface area is 100 Å². The van der Waals surface area contributed by atoms with Crippen molar-refractivity contribution in [2.75, 3.05) is 0 Å². The first-order valence-electron chi connectivity index (χ1n) is 5.61. The summed E-state index contributed by atoms with van der Waals surface area (Å²) in [6.07, 6.45) is 6.89. The highest BCUT2D eigenvalue weighted by molar-refractivity contribution is 5.95. The van der Waals surface area contributed by atoms with Gasteiger partial charge in [-0.2, -0.15) is 5.10 Å². The van der Waals surface area contributed by atoms with Gasteiger partial charge in [0.15, 0.2) is 5.78 Å². The Morgan fingerprint density at radius 3 is 2.82 bits per heavy atom. The van der Waals surface area contributed by atoms with Crippen molar-refractivity contribution < 1.29 is 4.79 Å². The van der Waals surface area contributed by atoms with Gasteiger partial charge in [-0.1, -0.05) is 13.8 Å². The summed E-state index contributed by atoms with van der Waals surface area (Å²) in [5.41, 5.74) is 0.635. The minimum absolute atomic E-state index is 0.0537. The van der Waals surface area contributed by atoms with Crippen molar-refractivity contribution in [2.24, 2.45) is 7.05 Å². The summed E-state index contributed by atoms with van der Waals surface area (Å²) in [5, 5.41) is 4.00. The van der Waals surface area contributed by atoms with E-state index in [1.54, 1.807) is 30.3 Å². The molecule has 17 heavy (non-hydrogen) atoms. The second-order valence-electron chi connectivity index (χ2n) is 4.39. The molecule has 0 aliphatic heterocycles. The van der Waals surface area contributed by atoms with Gasteiger partial charge in [-0.05, 0) is 0 Å². The Kier molecular flexibility index (Phi) is 3.08. The van der Waals surface area contributed by atoms with Crippen LogP contribution in [-0.2, 0) is 13.6 Å². The van der Waals surface area contributed by atoms with Crippen molar-refractivity contribution in [3.8, 4) is 0 Å². The van der Waals surface area contributed by atoms with E-state index in [1.165, 1.54) is 0 Å². The smallest absolute Gasteiger partial charge is 0.185 e. The number of carbonyl (C=O) groups excluding carboxylic acids is 1. The molecule has 0 radical (unpaired) electrons. The first-order chi connectivity index (χ1) is 8.08. The molecule has 0 aliphatic carbocycles. The molecule has 2 aromatic heterocycles. The third-order valence-electron chi connectivity index (χ3n) is 2.60. The normalized spacial score (nSPS) is 11.1. The number of nitrogens with zero attached hydrogens (tertiary/aromatic N) is 4. The molecule has 90 valence electrons. The van der Waals surface area contributed by atoms with E-state index in [0.29, 0.717) is 18.0 Å². The zero-order valence-corrected chi connectivity index (χ0v) is 10.3. The summed E-state index contributed by atoms with van der Waals surface area (Å²) in [6, 6.07) is 0. The second-order valence-corrected chi connectivity index (χ2v) is 4.39. The molecular formula is C12H16N4O. The van der Waals surface area contributed by atoms with Crippen molar-refractivity contribution in [3.63, 3.8) is 0 Å². The fourth-order valence-corrected chi connectivity index (χ4v) is 1.77. The SMILES string of the molecule is CC(C)c1nccn1CC(=O)c1cnn(C)c1. The standard InChI is InChI=1S/C12H16N4O/c1-9(2)12-13-4-5-16(12)8-11(17)10-6-14-15(3)7-10/h4-7,9H,8H2,1-3H3. The quantitative estimate of drug-likeness (QED) is 0.753. The van der Waals surface area contributed by atoms with Gasteiger partial charge in [-0.25, -0.2) is 4.98 Å². The molecule has 0 saturated carbocycles. The molecular weight excluding hydrogens is 216 g/mol. The Balaban J connectivity index is 2.16. The molecule has 0 spiro atoms. The molecule has 0 amide bonds. The van der Waals surface area contributed by atoms with Crippen LogP contribution in [0.4, 0.5) is 0 Å². The van der Waals surface area contributed by atoms with Crippen LogP contribution in [0.3, 0.4) is 0 Å². The fourth-order valence-electron chi connectivity index (χ4n) is 1.77. The molecule has 0 saturated heterocycles. The van der Waals surface area contributed by atoms with Crippen LogP contribution in [0.25, 0.3) is 0 Å². The van der Waals surface area contributed by atoms with Gasteiger partial charge in [-0.3, -0.25) is 9.48 Å². The lowest BCUT2D eigenvalue weighted by Gasteiger charge is -2.08. The summed E-state index contributed by atoms with van der Waals surface area (Å²) < 4.78 is 3.52. The summed E-state index contributed by atoms with van der Waals surface area (Å²) in [6.45, 7) is 4.44. The lowest BCUT2D eigenvalue weighted by molar-refractivity contribution is 0.0970. The van der Waals surface area contributed by atoms with E-state index in [-0.39, 0.29) is 5.78 Å². The number of aryl methyl sites for hydroxylation is 1. The van der Waals surface area contributed by atoms with Crippen LogP contribution in [0.2, 0.25) is 0 Å². The van der Waals surface area contributed by atoms with Crippen LogP contribution < -0.4 is 0 Å². The number of carbonyl (C=O) groups is 1. The predicted octanol–water partition coefficient (Wildman–Crippen LogP) is 1.62. The van der Waals surface area contributed by atoms with Crippen molar-refractivity contribution >= 4 is 5.78 Å². The van der Waals surface area contributed by atoms with Gasteiger partial charge in [0.05, 0.1) is 18.3 Å². The average molecular weight is 232 g/mol. The van der Waals surface area contributed by atoms with Crippen molar-refractivity contribution in [1.29, 1.82) is 0 Å². The van der Waals surface area contributed by atoms with Crippen molar-refractivity contribution in [3.05, 3.63) is 36.2 Å². The molecule has 2 aromatic rings. The third kappa shape index (κ3) is 2.43. The maximum atomic E-state index is 12.0. The molecule has 2 rings (SSSR count). The van der Waals surface area contributed by atoms with Gasteiger partial charge < -0.3 is 4.57 Å². The predicted molar refractivity (Wildman–Crippen MR) is 63.9 cm³/mol. The van der Waals surface area contributed by atoms with Gasteiger partial charge >= 0.3 is 0 Å². The Hall–Kier alpha value is -1.91. The average Bonchev–Trinajstić information content (AvgIpc) is 2.86. The lowest BCUT2D eigenvalue weighted by atomic mass is 10.2. The van der Waals surface area contributed by atoms with Crippen LogP contribution in [0.5, 0.6) is 0 Å². The highest BCUT2D eigenvalue weighted by Gasteiger charge is 2.13. The topological polar surface area (TPSA) is 52.7 Å². The lowest BCUT2D eigenvalue weighted by Crippen LogP contribution is -2.12. The van der Waals surface area contributed by atoms with Gasteiger partial charge in [0.1, 0.15) is 5.82 Å². The third-order valence-corrected chi connectivity index (χ3v) is 2.60. The first kappa shape index (κ1) is 11.6. The van der Waals surface area contributed by atoms with Crippen LogP contribution in [0.15, 0.2) is 24.8 Å². The number of Topliss-reactive ketones (excluding diaryl/α,β-unsaturated/α-hetero) is 1. The molecule has 0 aromatic carbocycles. The monoisotopic (exact) mass is 232 g/mol. The van der Waals surface area contributed by atoms with E-state index in [2.05, 4.69) is 23.9 Å². The summed E-state index contributed by atoms with van der Waals surface area (Å²) in [5.74, 6) is 1.30. The summed E-state index contributed by atoms with van der Waals surface area (Å²) in [4.78, 5) is 16.3. The largest absolute Gasteiger partial charge is 0.327 e. The van der Waals surface area contributed by atoms with E-state index < -0.39 is 0 Å². The Morgan fingerprint density at radius 2 is 2.24 bits per heavy atom. The zero-order valence-electron chi connectivity index (χ0n) is 10.3. The number of imidazole rings is 1. The second kappa shape index (κ2) is 4.53. The number of aromatic nitrogens is 4. The molecule has 0 atom stereocenters. The van der Waals surface area contributed by atoms with E-state index >= 15 is 0 Å². The molecule has 0 bridgehead atoms. The van der Waals surface area contributed by atoms with Gasteiger partial charge in [0.2, 0.25) is 0 Å². The Morgan fingerprint density at radius 1 is 1.47 bits per heavy atom. The molecule has 0 N–H and O–H groups in total. The highest BCUT2D eigenvalue weighted by Crippen LogP contribution is 2.12. The van der Waals surface area contributed by atoms with Gasteiger partial charge in [0, 0.05) is 31.6 Å². The highest BCUT2D eigenvalue weighted by atomic mass is 16.1.